The van der Waals surface area contributed by atoms with Gasteiger partial charge in [-0.15, -0.1) is 0 Å². The predicted molar refractivity (Wildman–Crippen MR) is 78.1 cm³/mol. The topological polar surface area (TPSA) is 47.7 Å². The fourth-order valence-corrected chi connectivity index (χ4v) is 2.51. The zero-order chi connectivity index (χ0) is 15.3. The lowest BCUT2D eigenvalue weighted by atomic mass is 10.1. The molecule has 0 saturated carbocycles. The van der Waals surface area contributed by atoms with Gasteiger partial charge in [0.1, 0.15) is 0 Å². The van der Waals surface area contributed by atoms with Crippen LogP contribution in [0.3, 0.4) is 0 Å². The third kappa shape index (κ3) is 4.74. The number of alkyl halides is 2. The number of ether oxygens (including phenoxy) is 2. The van der Waals surface area contributed by atoms with Crippen LogP contribution in [0.1, 0.15) is 19.3 Å². The Bertz CT molecular complexity index is 469. The molecule has 1 aromatic carbocycles. The Hall–Kier alpha value is -1.56. The van der Waals surface area contributed by atoms with Crippen LogP contribution < -0.4 is 15.2 Å². The Balaban J connectivity index is 1.75. The summed E-state index contributed by atoms with van der Waals surface area (Å²) < 4.78 is 37.3. The quantitative estimate of drug-likeness (QED) is 0.648. The second kappa shape index (κ2) is 6.93. The van der Waals surface area contributed by atoms with E-state index in [0.717, 1.165) is 6.54 Å². The van der Waals surface area contributed by atoms with E-state index in [1.165, 1.54) is 0 Å². The third-order valence-electron chi connectivity index (χ3n) is 3.54. The molecule has 6 heteroatoms. The summed E-state index contributed by atoms with van der Waals surface area (Å²) in [6, 6.07) is 5.19. The standard InChI is InChI=1S/C15H22F2N2O2/c1-20-14-10-12(18)4-5-13(14)21-9-3-8-19-7-2-6-15(16,17)11-19/h4-5,10H,2-3,6-9,11,18H2,1H3. The lowest BCUT2D eigenvalue weighted by Gasteiger charge is -2.32. The van der Waals surface area contributed by atoms with Crippen molar-refractivity contribution < 1.29 is 18.3 Å². The second-order valence-electron chi connectivity index (χ2n) is 5.35. The minimum atomic E-state index is -2.54. The molecule has 2 N–H and O–H groups in total. The molecule has 0 aromatic heterocycles. The molecule has 1 aliphatic heterocycles. The molecule has 21 heavy (non-hydrogen) atoms. The van der Waals surface area contributed by atoms with Crippen molar-refractivity contribution in [3.63, 3.8) is 0 Å². The van der Waals surface area contributed by atoms with E-state index in [-0.39, 0.29) is 13.0 Å². The maximum absolute atomic E-state index is 13.3. The van der Waals surface area contributed by atoms with Gasteiger partial charge in [-0.1, -0.05) is 0 Å². The molecule has 0 amide bonds. The van der Waals surface area contributed by atoms with Gasteiger partial charge in [0.15, 0.2) is 11.5 Å². The van der Waals surface area contributed by atoms with Gasteiger partial charge >= 0.3 is 0 Å². The zero-order valence-corrected chi connectivity index (χ0v) is 12.3. The van der Waals surface area contributed by atoms with E-state index in [1.807, 2.05) is 0 Å². The first-order valence-corrected chi connectivity index (χ1v) is 7.17. The number of likely N-dealkylation sites (tertiary alicyclic amines) is 1. The smallest absolute Gasteiger partial charge is 0.260 e. The van der Waals surface area contributed by atoms with Crippen LogP contribution in [0, 0.1) is 0 Å². The zero-order valence-electron chi connectivity index (χ0n) is 12.3. The van der Waals surface area contributed by atoms with Crippen LogP contribution in [0.25, 0.3) is 0 Å². The number of anilines is 1. The molecule has 1 aliphatic rings. The molecule has 1 aromatic rings. The van der Waals surface area contributed by atoms with Crippen molar-refractivity contribution in [2.75, 3.05) is 39.1 Å². The lowest BCUT2D eigenvalue weighted by molar-refractivity contribution is -0.0644. The van der Waals surface area contributed by atoms with Gasteiger partial charge in [0, 0.05) is 24.7 Å². The van der Waals surface area contributed by atoms with E-state index >= 15 is 0 Å². The SMILES string of the molecule is COc1cc(N)ccc1OCCCN1CCCC(F)(F)C1. The average molecular weight is 300 g/mol. The summed E-state index contributed by atoms with van der Waals surface area (Å²) in [6.07, 6.45) is 1.26. The Morgan fingerprint density at radius 1 is 1.33 bits per heavy atom. The maximum Gasteiger partial charge on any atom is 0.260 e. The molecule has 0 radical (unpaired) electrons. The van der Waals surface area contributed by atoms with Crippen LogP contribution >= 0.6 is 0 Å². The molecule has 0 unspecified atom stereocenters. The molecular weight excluding hydrogens is 278 g/mol. The highest BCUT2D eigenvalue weighted by atomic mass is 19.3. The van der Waals surface area contributed by atoms with Crippen molar-refractivity contribution in [2.24, 2.45) is 0 Å². The minimum Gasteiger partial charge on any atom is -0.493 e. The number of methoxy groups -OCH3 is 1. The molecular formula is C15H22F2N2O2. The van der Waals surface area contributed by atoms with E-state index in [4.69, 9.17) is 15.2 Å². The van der Waals surface area contributed by atoms with Crippen LogP contribution in [0.15, 0.2) is 18.2 Å². The molecule has 0 spiro atoms. The monoisotopic (exact) mass is 300 g/mol. The Morgan fingerprint density at radius 2 is 2.14 bits per heavy atom. The highest BCUT2D eigenvalue weighted by Crippen LogP contribution is 2.29. The number of nitrogens with zero attached hydrogens (tertiary/aromatic N) is 1. The van der Waals surface area contributed by atoms with Crippen molar-refractivity contribution in [2.45, 2.75) is 25.2 Å². The maximum atomic E-state index is 13.3. The first-order valence-electron chi connectivity index (χ1n) is 7.17. The van der Waals surface area contributed by atoms with Crippen LogP contribution in [0.4, 0.5) is 14.5 Å². The summed E-state index contributed by atoms with van der Waals surface area (Å²) in [5.74, 6) is -1.34. The van der Waals surface area contributed by atoms with Gasteiger partial charge in [0.25, 0.3) is 5.92 Å². The summed E-state index contributed by atoms with van der Waals surface area (Å²) in [7, 11) is 1.55. The number of nitrogens with two attached hydrogens (primary N) is 1. The Kier molecular flexibility index (Phi) is 5.22. The van der Waals surface area contributed by atoms with E-state index in [9.17, 15) is 8.78 Å². The molecule has 1 saturated heterocycles. The highest BCUT2D eigenvalue weighted by Gasteiger charge is 2.34. The number of hydrogen-bond donors (Lipinski definition) is 1. The third-order valence-corrected chi connectivity index (χ3v) is 3.54. The molecule has 0 aliphatic carbocycles. The van der Waals surface area contributed by atoms with Gasteiger partial charge in [-0.3, -0.25) is 4.90 Å². The molecule has 2 rings (SSSR count). The number of piperidine rings is 1. The first-order chi connectivity index (χ1) is 10.00. The minimum absolute atomic E-state index is 0.00262. The average Bonchev–Trinajstić information content (AvgIpc) is 2.43. The van der Waals surface area contributed by atoms with Gasteiger partial charge in [-0.2, -0.15) is 0 Å². The van der Waals surface area contributed by atoms with Crippen molar-refractivity contribution in [3.8, 4) is 11.5 Å². The number of benzene rings is 1. The van der Waals surface area contributed by atoms with Gasteiger partial charge in [-0.25, -0.2) is 8.78 Å². The molecule has 118 valence electrons. The number of rotatable bonds is 6. The van der Waals surface area contributed by atoms with E-state index in [0.29, 0.717) is 43.2 Å². The van der Waals surface area contributed by atoms with Crippen molar-refractivity contribution in [3.05, 3.63) is 18.2 Å². The number of nitrogen functional groups attached to an aromatic ring is 1. The van der Waals surface area contributed by atoms with Crippen LogP contribution in [-0.4, -0.2) is 44.2 Å². The van der Waals surface area contributed by atoms with Crippen LogP contribution in [0.2, 0.25) is 0 Å². The van der Waals surface area contributed by atoms with Crippen LogP contribution in [0.5, 0.6) is 11.5 Å². The highest BCUT2D eigenvalue weighted by molar-refractivity contribution is 5.51. The fourth-order valence-electron chi connectivity index (χ4n) is 2.51. The van der Waals surface area contributed by atoms with Gasteiger partial charge in [-0.05, 0) is 31.5 Å². The Labute approximate surface area is 123 Å². The molecule has 1 fully saturated rings. The summed E-state index contributed by atoms with van der Waals surface area (Å²) in [4.78, 5) is 1.80. The fraction of sp³-hybridized carbons (Fsp3) is 0.600. The molecule has 1 heterocycles. The Morgan fingerprint density at radius 3 is 2.86 bits per heavy atom. The summed E-state index contributed by atoms with van der Waals surface area (Å²) in [5, 5.41) is 0. The van der Waals surface area contributed by atoms with E-state index in [1.54, 1.807) is 30.2 Å². The molecule has 0 atom stereocenters. The first kappa shape index (κ1) is 15.8. The van der Waals surface area contributed by atoms with E-state index < -0.39 is 5.92 Å². The van der Waals surface area contributed by atoms with Crippen molar-refractivity contribution >= 4 is 5.69 Å². The number of hydrogen-bond acceptors (Lipinski definition) is 4. The molecule has 4 nitrogen and oxygen atoms in total. The normalized spacial score (nSPS) is 18.4. The van der Waals surface area contributed by atoms with Gasteiger partial charge in [0.05, 0.1) is 20.3 Å². The number of halogens is 2. The summed E-state index contributed by atoms with van der Waals surface area (Å²) >= 11 is 0. The van der Waals surface area contributed by atoms with Gasteiger partial charge in [0.2, 0.25) is 0 Å². The van der Waals surface area contributed by atoms with Crippen molar-refractivity contribution in [1.29, 1.82) is 0 Å². The predicted octanol–water partition coefficient (Wildman–Crippen LogP) is 2.78. The van der Waals surface area contributed by atoms with Crippen molar-refractivity contribution in [1.82, 2.24) is 4.90 Å². The summed E-state index contributed by atoms with van der Waals surface area (Å²) in [6.45, 7) is 1.67. The van der Waals surface area contributed by atoms with Crippen LogP contribution in [-0.2, 0) is 0 Å². The van der Waals surface area contributed by atoms with Gasteiger partial charge < -0.3 is 15.2 Å². The second-order valence-corrected chi connectivity index (χ2v) is 5.35. The molecule has 0 bridgehead atoms. The largest absolute Gasteiger partial charge is 0.493 e. The summed E-state index contributed by atoms with van der Waals surface area (Å²) in [5.41, 5.74) is 6.27. The lowest BCUT2D eigenvalue weighted by Crippen LogP contribution is -2.43. The van der Waals surface area contributed by atoms with E-state index in [2.05, 4.69) is 0 Å².